The fourth-order valence-corrected chi connectivity index (χ4v) is 3.93. The van der Waals surface area contributed by atoms with E-state index in [4.69, 9.17) is 15.2 Å². The van der Waals surface area contributed by atoms with Crippen LogP contribution in [0, 0.1) is 5.82 Å². The van der Waals surface area contributed by atoms with Gasteiger partial charge in [0.05, 0.1) is 19.5 Å². The van der Waals surface area contributed by atoms with E-state index in [0.29, 0.717) is 11.1 Å². The van der Waals surface area contributed by atoms with E-state index in [1.807, 2.05) is 0 Å². The predicted molar refractivity (Wildman–Crippen MR) is 110 cm³/mol. The van der Waals surface area contributed by atoms with Crippen molar-refractivity contribution < 1.29 is 33.0 Å². The van der Waals surface area contributed by atoms with E-state index in [1.165, 1.54) is 28.0 Å². The normalized spacial score (nSPS) is 20.8. The van der Waals surface area contributed by atoms with Gasteiger partial charge >= 0.3 is 12.1 Å². The molecule has 32 heavy (non-hydrogen) atoms. The Morgan fingerprint density at radius 3 is 2.69 bits per heavy atom. The largest absolute Gasteiger partial charge is 0.459 e. The first-order valence-electron chi connectivity index (χ1n) is 10.3. The molecule has 0 aromatic heterocycles. The van der Waals surface area contributed by atoms with Gasteiger partial charge in [-0.25, -0.2) is 14.0 Å². The highest BCUT2D eigenvalue weighted by Gasteiger charge is 2.41. The molecule has 10 heteroatoms. The zero-order chi connectivity index (χ0) is 23.4. The van der Waals surface area contributed by atoms with E-state index < -0.39 is 42.1 Å². The zero-order valence-corrected chi connectivity index (χ0v) is 18.0. The molecule has 0 saturated carbocycles. The second-order valence-electron chi connectivity index (χ2n) is 7.89. The van der Waals surface area contributed by atoms with Crippen LogP contribution in [-0.4, -0.2) is 58.5 Å². The molecule has 9 nitrogen and oxygen atoms in total. The number of amides is 3. The lowest BCUT2D eigenvalue weighted by molar-refractivity contribution is -0.147. The number of carbonyl (C=O) groups is 4. The van der Waals surface area contributed by atoms with Gasteiger partial charge in [0.2, 0.25) is 11.8 Å². The molecule has 1 fully saturated rings. The zero-order valence-electron chi connectivity index (χ0n) is 18.0. The fraction of sp³-hybridized carbons (Fsp3) is 0.455. The first kappa shape index (κ1) is 23.2. The summed E-state index contributed by atoms with van der Waals surface area (Å²) < 4.78 is 24.5. The van der Waals surface area contributed by atoms with Gasteiger partial charge in [-0.1, -0.05) is 18.2 Å². The third-order valence-corrected chi connectivity index (χ3v) is 5.45. The summed E-state index contributed by atoms with van der Waals surface area (Å²) in [4.78, 5) is 51.3. The number of hydrogen-bond acceptors (Lipinski definition) is 6. The molecule has 1 saturated heterocycles. The number of nitrogens with two attached hydrogens (primary N) is 1. The van der Waals surface area contributed by atoms with Crippen molar-refractivity contribution in [2.24, 2.45) is 5.73 Å². The average molecular weight is 447 g/mol. The highest BCUT2D eigenvalue weighted by Crippen LogP contribution is 2.28. The number of fused-ring (bicyclic) bond motifs is 1. The summed E-state index contributed by atoms with van der Waals surface area (Å²) in [7, 11) is 0. The SMILES string of the molecule is CC=CC(=O)OC(C)CC(=O)N1CC(OC(=O)N2Cc3cccc(F)c3C2)CC1C(N)=O. The van der Waals surface area contributed by atoms with Crippen LogP contribution in [0.2, 0.25) is 0 Å². The quantitative estimate of drug-likeness (QED) is 0.523. The predicted octanol–water partition coefficient (Wildman–Crippen LogP) is 1.63. The third-order valence-electron chi connectivity index (χ3n) is 5.45. The van der Waals surface area contributed by atoms with Gasteiger partial charge in [0.15, 0.2) is 0 Å². The standard InChI is InChI=1S/C22H26FN3O6/c1-3-5-20(28)31-13(2)8-19(27)26-11-15(9-18(26)21(24)29)32-22(30)25-10-14-6-4-7-17(23)16(14)12-25/h3-7,13,15,18H,8-12H2,1-2H3,(H2,24,29). The molecular formula is C22H26FN3O6. The molecule has 1 aromatic rings. The molecule has 0 radical (unpaired) electrons. The summed E-state index contributed by atoms with van der Waals surface area (Å²) in [5, 5.41) is 0. The van der Waals surface area contributed by atoms with Crippen LogP contribution in [0.3, 0.4) is 0 Å². The molecule has 0 spiro atoms. The number of hydrogen-bond donors (Lipinski definition) is 1. The summed E-state index contributed by atoms with van der Waals surface area (Å²) in [6.07, 6.45) is 0.575. The number of primary amides is 1. The van der Waals surface area contributed by atoms with Crippen LogP contribution in [0.15, 0.2) is 30.4 Å². The first-order chi connectivity index (χ1) is 15.2. The smallest absolute Gasteiger partial charge is 0.410 e. The van der Waals surface area contributed by atoms with Gasteiger partial charge in [0.25, 0.3) is 0 Å². The lowest BCUT2D eigenvalue weighted by atomic mass is 10.1. The molecule has 172 valence electrons. The van der Waals surface area contributed by atoms with Crippen molar-refractivity contribution >= 4 is 23.9 Å². The summed E-state index contributed by atoms with van der Waals surface area (Å²) in [5.74, 6) is -2.11. The van der Waals surface area contributed by atoms with Crippen molar-refractivity contribution in [3.05, 3.63) is 47.3 Å². The van der Waals surface area contributed by atoms with Gasteiger partial charge in [0.1, 0.15) is 24.1 Å². The van der Waals surface area contributed by atoms with Crippen molar-refractivity contribution in [1.82, 2.24) is 9.80 Å². The van der Waals surface area contributed by atoms with Gasteiger partial charge in [-0.2, -0.15) is 0 Å². The summed E-state index contributed by atoms with van der Waals surface area (Å²) in [5.41, 5.74) is 6.60. The highest BCUT2D eigenvalue weighted by atomic mass is 19.1. The molecule has 3 rings (SSSR count). The average Bonchev–Trinajstić information content (AvgIpc) is 3.33. The van der Waals surface area contributed by atoms with Crippen LogP contribution in [0.25, 0.3) is 0 Å². The molecule has 1 aromatic carbocycles. The summed E-state index contributed by atoms with van der Waals surface area (Å²) in [6, 6.07) is 3.72. The topological polar surface area (TPSA) is 119 Å². The number of nitrogens with zero attached hydrogens (tertiary/aromatic N) is 2. The second-order valence-corrected chi connectivity index (χ2v) is 7.89. The Morgan fingerprint density at radius 2 is 2.03 bits per heavy atom. The van der Waals surface area contributed by atoms with Crippen LogP contribution < -0.4 is 5.73 Å². The molecule has 2 aliphatic rings. The number of halogens is 1. The number of rotatable bonds is 6. The Kier molecular flexibility index (Phi) is 7.12. The van der Waals surface area contributed by atoms with Gasteiger partial charge in [-0.05, 0) is 25.5 Å². The van der Waals surface area contributed by atoms with E-state index in [0.717, 1.165) is 0 Å². The Hall–Kier alpha value is -3.43. The van der Waals surface area contributed by atoms with E-state index in [-0.39, 0.29) is 38.3 Å². The number of esters is 1. The Balaban J connectivity index is 1.58. The Labute approximate surface area is 184 Å². The van der Waals surface area contributed by atoms with Crippen molar-refractivity contribution in [3.8, 4) is 0 Å². The molecule has 3 atom stereocenters. The van der Waals surface area contributed by atoms with E-state index in [9.17, 15) is 23.6 Å². The summed E-state index contributed by atoms with van der Waals surface area (Å²) in [6.45, 7) is 3.52. The number of ether oxygens (including phenoxy) is 2. The number of allylic oxidation sites excluding steroid dienone is 1. The van der Waals surface area contributed by atoms with E-state index >= 15 is 0 Å². The Morgan fingerprint density at radius 1 is 1.28 bits per heavy atom. The van der Waals surface area contributed by atoms with Gasteiger partial charge in [0, 0.05) is 24.6 Å². The minimum absolute atomic E-state index is 0.0111. The number of likely N-dealkylation sites (tertiary alicyclic amines) is 1. The fourth-order valence-electron chi connectivity index (χ4n) is 3.93. The maximum Gasteiger partial charge on any atom is 0.410 e. The molecule has 0 aliphatic carbocycles. The van der Waals surface area contributed by atoms with Crippen molar-refractivity contribution in [2.75, 3.05) is 6.54 Å². The van der Waals surface area contributed by atoms with Crippen molar-refractivity contribution in [3.63, 3.8) is 0 Å². The molecular weight excluding hydrogens is 421 g/mol. The molecule has 3 unspecified atom stereocenters. The summed E-state index contributed by atoms with van der Waals surface area (Å²) >= 11 is 0. The van der Waals surface area contributed by atoms with Gasteiger partial charge in [-0.15, -0.1) is 0 Å². The number of benzene rings is 1. The maximum atomic E-state index is 13.9. The molecule has 2 aliphatic heterocycles. The van der Waals surface area contributed by atoms with Crippen LogP contribution in [-0.2, 0) is 36.9 Å². The van der Waals surface area contributed by atoms with Crippen molar-refractivity contribution in [1.29, 1.82) is 0 Å². The molecule has 0 bridgehead atoms. The van der Waals surface area contributed by atoms with E-state index in [1.54, 1.807) is 26.0 Å². The molecule has 2 heterocycles. The second kappa shape index (κ2) is 9.80. The highest BCUT2D eigenvalue weighted by molar-refractivity contribution is 5.88. The van der Waals surface area contributed by atoms with Gasteiger partial charge in [-0.3, -0.25) is 14.5 Å². The van der Waals surface area contributed by atoms with Gasteiger partial charge < -0.3 is 20.1 Å². The van der Waals surface area contributed by atoms with Crippen LogP contribution in [0.4, 0.5) is 9.18 Å². The molecule has 2 N–H and O–H groups in total. The lowest BCUT2D eigenvalue weighted by Crippen LogP contribution is -2.44. The maximum absolute atomic E-state index is 13.9. The Bertz CT molecular complexity index is 950. The van der Waals surface area contributed by atoms with Crippen LogP contribution in [0.1, 0.15) is 37.8 Å². The first-order valence-corrected chi connectivity index (χ1v) is 10.3. The minimum atomic E-state index is -0.938. The lowest BCUT2D eigenvalue weighted by Gasteiger charge is -2.23. The van der Waals surface area contributed by atoms with Crippen LogP contribution in [0.5, 0.6) is 0 Å². The van der Waals surface area contributed by atoms with Crippen LogP contribution >= 0.6 is 0 Å². The monoisotopic (exact) mass is 447 g/mol. The third kappa shape index (κ3) is 5.24. The molecule has 3 amide bonds. The number of carbonyl (C=O) groups excluding carboxylic acids is 4. The van der Waals surface area contributed by atoms with Crippen molar-refractivity contribution in [2.45, 2.75) is 58.0 Å². The minimum Gasteiger partial charge on any atom is -0.459 e. The van der Waals surface area contributed by atoms with E-state index in [2.05, 4.69) is 0 Å².